The van der Waals surface area contributed by atoms with Gasteiger partial charge in [0.15, 0.2) is 0 Å². The molecule has 25 heavy (non-hydrogen) atoms. The molecule has 0 saturated heterocycles. The van der Waals surface area contributed by atoms with Crippen molar-refractivity contribution in [3.8, 4) is 17.2 Å². The summed E-state index contributed by atoms with van der Waals surface area (Å²) < 4.78 is 37.9. The summed E-state index contributed by atoms with van der Waals surface area (Å²) in [6, 6.07) is 22.1. The first kappa shape index (κ1) is 16.9. The van der Waals surface area contributed by atoms with Gasteiger partial charge >= 0.3 is 0 Å². The molecule has 0 aliphatic carbocycles. The molecule has 0 amide bonds. The smallest absolute Gasteiger partial charge is 0.261 e. The number of hydrogen-bond donors (Lipinski definition) is 1. The van der Waals surface area contributed by atoms with Gasteiger partial charge in [0, 0.05) is 5.69 Å². The predicted molar refractivity (Wildman–Crippen MR) is 96.8 cm³/mol. The Bertz CT molecular complexity index is 921. The molecule has 0 bridgehead atoms. The minimum absolute atomic E-state index is 0.216. The van der Waals surface area contributed by atoms with E-state index in [1.807, 2.05) is 0 Å². The Kier molecular flexibility index (Phi) is 4.90. The number of benzene rings is 3. The number of rotatable bonds is 6. The second-order valence-corrected chi connectivity index (χ2v) is 6.90. The first-order valence-electron chi connectivity index (χ1n) is 7.57. The van der Waals surface area contributed by atoms with Crippen LogP contribution in [0.15, 0.2) is 83.8 Å². The standard InChI is InChI=1S/C19H17NO4S/c1-23-16-11-13-18(14-12-16)24-17-9-7-15(8-10-17)20-25(21,22)19-5-3-2-4-6-19/h2-14,20H,1H3. The molecule has 1 N–H and O–H groups in total. The van der Waals surface area contributed by atoms with Gasteiger partial charge in [0.2, 0.25) is 0 Å². The van der Waals surface area contributed by atoms with Crippen LogP contribution in [0.3, 0.4) is 0 Å². The fraction of sp³-hybridized carbons (Fsp3) is 0.0526. The molecular formula is C19H17NO4S. The minimum Gasteiger partial charge on any atom is -0.497 e. The van der Waals surface area contributed by atoms with Gasteiger partial charge in [-0.25, -0.2) is 8.42 Å². The molecule has 0 saturated carbocycles. The lowest BCUT2D eigenvalue weighted by Crippen LogP contribution is -2.12. The Morgan fingerprint density at radius 3 is 1.80 bits per heavy atom. The molecule has 3 aromatic rings. The van der Waals surface area contributed by atoms with Gasteiger partial charge in [0.25, 0.3) is 10.0 Å². The van der Waals surface area contributed by atoms with Gasteiger partial charge in [-0.15, -0.1) is 0 Å². The number of anilines is 1. The van der Waals surface area contributed by atoms with E-state index in [1.165, 1.54) is 0 Å². The topological polar surface area (TPSA) is 64.6 Å². The van der Waals surface area contributed by atoms with E-state index in [4.69, 9.17) is 9.47 Å². The van der Waals surface area contributed by atoms with Crippen molar-refractivity contribution >= 4 is 15.7 Å². The van der Waals surface area contributed by atoms with Crippen molar-refractivity contribution in [2.24, 2.45) is 0 Å². The van der Waals surface area contributed by atoms with Crippen LogP contribution in [0.1, 0.15) is 0 Å². The van der Waals surface area contributed by atoms with E-state index in [9.17, 15) is 8.42 Å². The van der Waals surface area contributed by atoms with Crippen molar-refractivity contribution in [1.29, 1.82) is 0 Å². The summed E-state index contributed by atoms with van der Waals surface area (Å²) in [6.07, 6.45) is 0. The maximum absolute atomic E-state index is 12.3. The molecule has 5 nitrogen and oxygen atoms in total. The highest BCUT2D eigenvalue weighted by Crippen LogP contribution is 2.25. The Labute approximate surface area is 146 Å². The Balaban J connectivity index is 1.69. The van der Waals surface area contributed by atoms with Crippen LogP contribution in [0.4, 0.5) is 5.69 Å². The van der Waals surface area contributed by atoms with Crippen LogP contribution in [0, 0.1) is 0 Å². The second-order valence-electron chi connectivity index (χ2n) is 5.22. The lowest BCUT2D eigenvalue weighted by Gasteiger charge is -2.10. The molecule has 3 rings (SSSR count). The third-order valence-corrected chi connectivity index (χ3v) is 4.85. The largest absolute Gasteiger partial charge is 0.497 e. The quantitative estimate of drug-likeness (QED) is 0.716. The second kappa shape index (κ2) is 7.27. The van der Waals surface area contributed by atoms with Gasteiger partial charge in [-0.2, -0.15) is 0 Å². The number of nitrogens with one attached hydrogen (secondary N) is 1. The molecule has 0 fully saturated rings. The van der Waals surface area contributed by atoms with Crippen LogP contribution in [-0.2, 0) is 10.0 Å². The monoisotopic (exact) mass is 355 g/mol. The molecule has 6 heteroatoms. The summed E-state index contributed by atoms with van der Waals surface area (Å²) in [4.78, 5) is 0.216. The molecule has 3 aromatic carbocycles. The highest BCUT2D eigenvalue weighted by Gasteiger charge is 2.13. The molecule has 0 unspecified atom stereocenters. The molecule has 0 atom stereocenters. The predicted octanol–water partition coefficient (Wildman–Crippen LogP) is 4.29. The number of ether oxygens (including phenoxy) is 2. The third-order valence-electron chi connectivity index (χ3n) is 3.46. The lowest BCUT2D eigenvalue weighted by molar-refractivity contribution is 0.413. The number of sulfonamides is 1. The number of hydrogen-bond acceptors (Lipinski definition) is 4. The van der Waals surface area contributed by atoms with Crippen molar-refractivity contribution in [3.05, 3.63) is 78.9 Å². The SMILES string of the molecule is COc1ccc(Oc2ccc(NS(=O)(=O)c3ccccc3)cc2)cc1. The summed E-state index contributed by atoms with van der Waals surface area (Å²) in [6.45, 7) is 0. The zero-order valence-corrected chi connectivity index (χ0v) is 14.4. The maximum Gasteiger partial charge on any atom is 0.261 e. The van der Waals surface area contributed by atoms with Crippen molar-refractivity contribution in [2.45, 2.75) is 4.90 Å². The van der Waals surface area contributed by atoms with Crippen molar-refractivity contribution < 1.29 is 17.9 Å². The molecule has 0 aromatic heterocycles. The first-order chi connectivity index (χ1) is 12.1. The minimum atomic E-state index is -3.60. The fourth-order valence-electron chi connectivity index (χ4n) is 2.18. The van der Waals surface area contributed by atoms with Crippen molar-refractivity contribution in [1.82, 2.24) is 0 Å². The van der Waals surface area contributed by atoms with Gasteiger partial charge in [-0.1, -0.05) is 18.2 Å². The summed E-state index contributed by atoms with van der Waals surface area (Å²) in [5, 5.41) is 0. The molecule has 0 aliphatic rings. The van der Waals surface area contributed by atoms with Crippen LogP contribution in [-0.4, -0.2) is 15.5 Å². The van der Waals surface area contributed by atoms with E-state index < -0.39 is 10.0 Å². The van der Waals surface area contributed by atoms with Crippen LogP contribution >= 0.6 is 0 Å². The number of methoxy groups -OCH3 is 1. The zero-order chi connectivity index (χ0) is 17.7. The van der Waals surface area contributed by atoms with Crippen molar-refractivity contribution in [2.75, 3.05) is 11.8 Å². The molecular weight excluding hydrogens is 338 g/mol. The fourth-order valence-corrected chi connectivity index (χ4v) is 3.26. The van der Waals surface area contributed by atoms with E-state index >= 15 is 0 Å². The van der Waals surface area contributed by atoms with Gasteiger partial charge in [-0.05, 0) is 60.7 Å². The van der Waals surface area contributed by atoms with Crippen LogP contribution in [0.2, 0.25) is 0 Å². The van der Waals surface area contributed by atoms with Crippen molar-refractivity contribution in [3.63, 3.8) is 0 Å². The zero-order valence-electron chi connectivity index (χ0n) is 13.5. The average Bonchev–Trinajstić information content (AvgIpc) is 2.64. The highest BCUT2D eigenvalue weighted by atomic mass is 32.2. The van der Waals surface area contributed by atoms with E-state index in [0.717, 1.165) is 5.75 Å². The molecule has 0 radical (unpaired) electrons. The molecule has 0 aliphatic heterocycles. The molecule has 0 spiro atoms. The summed E-state index contributed by atoms with van der Waals surface area (Å²) in [5.74, 6) is 2.02. The first-order valence-corrected chi connectivity index (χ1v) is 9.05. The molecule has 128 valence electrons. The summed E-state index contributed by atoms with van der Waals surface area (Å²) >= 11 is 0. The van der Waals surface area contributed by atoms with Gasteiger partial charge < -0.3 is 9.47 Å². The van der Waals surface area contributed by atoms with E-state index in [-0.39, 0.29) is 4.90 Å². The van der Waals surface area contributed by atoms with Gasteiger partial charge in [0.05, 0.1) is 12.0 Å². The van der Waals surface area contributed by atoms with E-state index in [1.54, 1.807) is 86.0 Å². The lowest BCUT2D eigenvalue weighted by atomic mass is 10.3. The highest BCUT2D eigenvalue weighted by molar-refractivity contribution is 7.92. The Hall–Kier alpha value is -2.99. The normalized spacial score (nSPS) is 10.9. The summed E-state index contributed by atoms with van der Waals surface area (Å²) in [5.41, 5.74) is 0.464. The summed E-state index contributed by atoms with van der Waals surface area (Å²) in [7, 11) is -2.00. The maximum atomic E-state index is 12.3. The van der Waals surface area contributed by atoms with Gasteiger partial charge in [0.1, 0.15) is 17.2 Å². The van der Waals surface area contributed by atoms with E-state index in [2.05, 4.69) is 4.72 Å². The average molecular weight is 355 g/mol. The Morgan fingerprint density at radius 2 is 1.24 bits per heavy atom. The van der Waals surface area contributed by atoms with Crippen LogP contribution < -0.4 is 14.2 Å². The third kappa shape index (κ3) is 4.30. The molecule has 0 heterocycles. The van der Waals surface area contributed by atoms with Crippen LogP contribution in [0.25, 0.3) is 0 Å². The van der Waals surface area contributed by atoms with E-state index in [0.29, 0.717) is 17.2 Å². The van der Waals surface area contributed by atoms with Gasteiger partial charge in [-0.3, -0.25) is 4.72 Å². The Morgan fingerprint density at radius 1 is 0.720 bits per heavy atom. The van der Waals surface area contributed by atoms with Crippen LogP contribution in [0.5, 0.6) is 17.2 Å².